The molecule has 0 bridgehead atoms. The third-order valence-corrected chi connectivity index (χ3v) is 3.03. The van der Waals surface area contributed by atoms with E-state index in [0.717, 1.165) is 10.8 Å². The van der Waals surface area contributed by atoms with E-state index in [-0.39, 0.29) is 18.6 Å². The van der Waals surface area contributed by atoms with Crippen LogP contribution in [0.3, 0.4) is 0 Å². The summed E-state index contributed by atoms with van der Waals surface area (Å²) >= 11 is 0. The lowest BCUT2D eigenvalue weighted by Crippen LogP contribution is -2.38. The Bertz CT molecular complexity index is 554. The molecule has 2 aromatic rings. The van der Waals surface area contributed by atoms with E-state index in [1.54, 1.807) is 12.4 Å². The molecule has 0 saturated carbocycles. The number of aliphatic hydroxyl groups is 1. The second-order valence-corrected chi connectivity index (χ2v) is 5.44. The number of aromatic nitrogens is 1. The average molecular weight is 259 g/mol. The number of benzene rings is 1. The van der Waals surface area contributed by atoms with E-state index in [0.29, 0.717) is 5.46 Å². The van der Waals surface area contributed by atoms with Gasteiger partial charge in [-0.3, -0.25) is 4.98 Å². The van der Waals surface area contributed by atoms with Crippen LogP contribution >= 0.6 is 0 Å². The summed E-state index contributed by atoms with van der Waals surface area (Å²) in [4.78, 5) is 4.11. The number of hydrogen-bond donors (Lipinski definition) is 2. The standard InChI is InChI=1S/C14H18BNO3/c1-14(2,9-17)10-19-15(18)13-8-16-7-11-5-3-4-6-12(11)13/h3-8,17-18H,9-10H2,1-2H3. The zero-order valence-corrected chi connectivity index (χ0v) is 11.2. The molecule has 0 aliphatic carbocycles. The SMILES string of the molecule is CC(C)(CO)COB(O)c1cncc2ccccc12. The van der Waals surface area contributed by atoms with Crippen molar-refractivity contribution in [1.82, 2.24) is 4.98 Å². The molecule has 4 nitrogen and oxygen atoms in total. The highest BCUT2D eigenvalue weighted by atomic mass is 16.5. The van der Waals surface area contributed by atoms with Crippen LogP contribution in [0.5, 0.6) is 0 Å². The molecule has 0 unspecified atom stereocenters. The molecule has 2 rings (SSSR count). The quantitative estimate of drug-likeness (QED) is 0.785. The van der Waals surface area contributed by atoms with Crippen LogP contribution in [0.2, 0.25) is 0 Å². The summed E-state index contributed by atoms with van der Waals surface area (Å²) < 4.78 is 5.45. The fourth-order valence-corrected chi connectivity index (χ4v) is 1.78. The van der Waals surface area contributed by atoms with Gasteiger partial charge in [0.2, 0.25) is 0 Å². The smallest absolute Gasteiger partial charge is 0.423 e. The van der Waals surface area contributed by atoms with Gasteiger partial charge >= 0.3 is 7.12 Å². The second-order valence-electron chi connectivity index (χ2n) is 5.44. The molecule has 0 atom stereocenters. The Morgan fingerprint density at radius 2 is 2.00 bits per heavy atom. The normalized spacial score (nSPS) is 11.8. The first-order valence-electron chi connectivity index (χ1n) is 6.27. The predicted octanol–water partition coefficient (Wildman–Crippen LogP) is 0.957. The van der Waals surface area contributed by atoms with E-state index >= 15 is 0 Å². The van der Waals surface area contributed by atoms with Gasteiger partial charge in [-0.1, -0.05) is 38.1 Å². The molecule has 0 saturated heterocycles. The summed E-state index contributed by atoms with van der Waals surface area (Å²) in [6.45, 7) is 4.03. The molecule has 100 valence electrons. The summed E-state index contributed by atoms with van der Waals surface area (Å²) in [6.07, 6.45) is 3.36. The fraction of sp³-hybridized carbons (Fsp3) is 0.357. The average Bonchev–Trinajstić information content (AvgIpc) is 2.44. The summed E-state index contributed by atoms with van der Waals surface area (Å²) in [5.41, 5.74) is 0.269. The molecule has 1 heterocycles. The molecule has 1 aromatic heterocycles. The number of hydrogen-bond acceptors (Lipinski definition) is 4. The van der Waals surface area contributed by atoms with E-state index < -0.39 is 7.12 Å². The Kier molecular flexibility index (Phi) is 4.19. The van der Waals surface area contributed by atoms with E-state index in [2.05, 4.69) is 4.98 Å². The van der Waals surface area contributed by atoms with Crippen molar-refractivity contribution in [2.45, 2.75) is 13.8 Å². The van der Waals surface area contributed by atoms with Gasteiger partial charge in [-0.2, -0.15) is 0 Å². The van der Waals surface area contributed by atoms with Gasteiger partial charge in [0.05, 0.1) is 6.61 Å². The topological polar surface area (TPSA) is 62.6 Å². The van der Waals surface area contributed by atoms with Crippen molar-refractivity contribution in [3.05, 3.63) is 36.7 Å². The molecule has 0 amide bonds. The molecule has 0 aliphatic heterocycles. The summed E-state index contributed by atoms with van der Waals surface area (Å²) in [5.74, 6) is 0. The van der Waals surface area contributed by atoms with Crippen molar-refractivity contribution in [2.24, 2.45) is 5.41 Å². The Balaban J connectivity index is 2.20. The highest BCUT2D eigenvalue weighted by Gasteiger charge is 2.24. The molecule has 0 aliphatic rings. The Morgan fingerprint density at radius 3 is 2.74 bits per heavy atom. The maximum Gasteiger partial charge on any atom is 0.493 e. The van der Waals surface area contributed by atoms with Gasteiger partial charge in [0.15, 0.2) is 0 Å². The first kappa shape index (κ1) is 14.0. The largest absolute Gasteiger partial charge is 0.493 e. The van der Waals surface area contributed by atoms with Gasteiger partial charge in [-0.05, 0) is 10.8 Å². The van der Waals surface area contributed by atoms with Crippen molar-refractivity contribution in [3.8, 4) is 0 Å². The van der Waals surface area contributed by atoms with Crippen molar-refractivity contribution < 1.29 is 14.8 Å². The molecule has 5 heteroatoms. The molecular formula is C14H18BNO3. The molecule has 0 radical (unpaired) electrons. The van der Waals surface area contributed by atoms with Gasteiger partial charge in [0.25, 0.3) is 0 Å². The van der Waals surface area contributed by atoms with Crippen LogP contribution in [0.1, 0.15) is 13.8 Å². The number of fused-ring (bicyclic) bond motifs is 1. The Labute approximate surface area is 113 Å². The Morgan fingerprint density at radius 1 is 1.26 bits per heavy atom. The minimum Gasteiger partial charge on any atom is -0.423 e. The van der Waals surface area contributed by atoms with Gasteiger partial charge in [0, 0.05) is 29.9 Å². The molecule has 1 aromatic carbocycles. The summed E-state index contributed by atoms with van der Waals surface area (Å²) in [5, 5.41) is 21.2. The minimum absolute atomic E-state index is 0.00745. The van der Waals surface area contributed by atoms with Gasteiger partial charge < -0.3 is 14.8 Å². The lowest BCUT2D eigenvalue weighted by atomic mass is 9.77. The van der Waals surface area contributed by atoms with Crippen molar-refractivity contribution in [1.29, 1.82) is 0 Å². The van der Waals surface area contributed by atoms with Gasteiger partial charge in [-0.25, -0.2) is 0 Å². The number of aliphatic hydroxyl groups excluding tert-OH is 1. The number of nitrogens with zero attached hydrogens (tertiary/aromatic N) is 1. The van der Waals surface area contributed by atoms with Crippen LogP contribution in [0, 0.1) is 5.41 Å². The zero-order valence-electron chi connectivity index (χ0n) is 11.2. The zero-order chi connectivity index (χ0) is 13.9. The van der Waals surface area contributed by atoms with E-state index in [1.165, 1.54) is 0 Å². The summed E-state index contributed by atoms with van der Waals surface area (Å²) in [6, 6.07) is 7.71. The first-order valence-corrected chi connectivity index (χ1v) is 6.27. The Hall–Kier alpha value is -1.43. The number of pyridine rings is 1. The van der Waals surface area contributed by atoms with Crippen molar-refractivity contribution >= 4 is 23.4 Å². The van der Waals surface area contributed by atoms with E-state index in [1.807, 2.05) is 38.1 Å². The maximum atomic E-state index is 10.1. The van der Waals surface area contributed by atoms with Crippen LogP contribution in [0.25, 0.3) is 10.8 Å². The first-order chi connectivity index (χ1) is 9.03. The van der Waals surface area contributed by atoms with Crippen LogP contribution in [0.4, 0.5) is 0 Å². The van der Waals surface area contributed by atoms with Crippen LogP contribution in [-0.4, -0.2) is 35.4 Å². The van der Waals surface area contributed by atoms with E-state index in [9.17, 15) is 10.1 Å². The highest BCUT2D eigenvalue weighted by molar-refractivity contribution is 6.63. The maximum absolute atomic E-state index is 10.1. The predicted molar refractivity (Wildman–Crippen MR) is 76.2 cm³/mol. The van der Waals surface area contributed by atoms with E-state index in [4.69, 9.17) is 4.65 Å². The molecular weight excluding hydrogens is 241 g/mol. The monoisotopic (exact) mass is 259 g/mol. The molecule has 19 heavy (non-hydrogen) atoms. The van der Waals surface area contributed by atoms with Crippen LogP contribution < -0.4 is 5.46 Å². The molecule has 0 fully saturated rings. The lowest BCUT2D eigenvalue weighted by molar-refractivity contribution is 0.0887. The van der Waals surface area contributed by atoms with Crippen LogP contribution in [0.15, 0.2) is 36.7 Å². The highest BCUT2D eigenvalue weighted by Crippen LogP contribution is 2.15. The third kappa shape index (κ3) is 3.32. The van der Waals surface area contributed by atoms with Gasteiger partial charge in [0.1, 0.15) is 0 Å². The summed E-state index contributed by atoms with van der Waals surface area (Å²) in [7, 11) is -1.04. The lowest BCUT2D eigenvalue weighted by Gasteiger charge is -2.22. The second kappa shape index (κ2) is 5.69. The van der Waals surface area contributed by atoms with Crippen molar-refractivity contribution in [2.75, 3.05) is 13.2 Å². The number of rotatable bonds is 5. The fourth-order valence-electron chi connectivity index (χ4n) is 1.78. The van der Waals surface area contributed by atoms with Crippen LogP contribution in [-0.2, 0) is 4.65 Å². The third-order valence-electron chi connectivity index (χ3n) is 3.03. The van der Waals surface area contributed by atoms with Gasteiger partial charge in [-0.15, -0.1) is 0 Å². The van der Waals surface area contributed by atoms with Crippen molar-refractivity contribution in [3.63, 3.8) is 0 Å². The molecule has 2 N–H and O–H groups in total. The molecule has 0 spiro atoms. The minimum atomic E-state index is -1.04.